The zero-order valence-corrected chi connectivity index (χ0v) is 10.4. The van der Waals surface area contributed by atoms with Crippen LogP contribution in [0.15, 0.2) is 30.3 Å². The Kier molecular flexibility index (Phi) is 3.97. The monoisotopic (exact) mass is 218 g/mol. The minimum atomic E-state index is 0.734. The molecule has 2 rings (SSSR count). The smallest absolute Gasteiger partial charge is 0.0234 e. The van der Waals surface area contributed by atoms with Gasteiger partial charge in [0.15, 0.2) is 0 Å². The van der Waals surface area contributed by atoms with E-state index in [1.165, 1.54) is 31.6 Å². The summed E-state index contributed by atoms with van der Waals surface area (Å²) in [4.78, 5) is 5.06. The lowest BCUT2D eigenvalue weighted by atomic mass is 10.1. The summed E-state index contributed by atoms with van der Waals surface area (Å²) in [7, 11) is 2.24. The van der Waals surface area contributed by atoms with Crippen LogP contribution in [0.1, 0.15) is 18.9 Å². The molecular formula is C14H22N2. The highest BCUT2D eigenvalue weighted by atomic mass is 15.3. The normalized spacial score (nSPS) is 23.5. The Labute approximate surface area is 98.9 Å². The van der Waals surface area contributed by atoms with Crippen LogP contribution in [-0.4, -0.2) is 42.5 Å². The summed E-state index contributed by atoms with van der Waals surface area (Å²) >= 11 is 0. The highest BCUT2D eigenvalue weighted by Gasteiger charge is 2.22. The second kappa shape index (κ2) is 5.46. The van der Waals surface area contributed by atoms with Crippen molar-refractivity contribution in [3.63, 3.8) is 0 Å². The second-order valence-electron chi connectivity index (χ2n) is 4.76. The van der Waals surface area contributed by atoms with Gasteiger partial charge in [0.05, 0.1) is 0 Å². The lowest BCUT2D eigenvalue weighted by Crippen LogP contribution is -2.50. The maximum absolute atomic E-state index is 2.57. The lowest BCUT2D eigenvalue weighted by Gasteiger charge is -2.39. The van der Waals surface area contributed by atoms with Crippen molar-refractivity contribution in [1.82, 2.24) is 9.80 Å². The first-order valence-corrected chi connectivity index (χ1v) is 6.26. The molecule has 0 aliphatic carbocycles. The number of piperazine rings is 1. The van der Waals surface area contributed by atoms with Crippen molar-refractivity contribution < 1.29 is 0 Å². The Hall–Kier alpha value is -0.860. The fourth-order valence-corrected chi connectivity index (χ4v) is 2.44. The van der Waals surface area contributed by atoms with Crippen LogP contribution >= 0.6 is 0 Å². The first kappa shape index (κ1) is 11.6. The van der Waals surface area contributed by atoms with E-state index in [9.17, 15) is 0 Å². The molecule has 2 nitrogen and oxygen atoms in total. The molecule has 1 unspecified atom stereocenters. The summed E-state index contributed by atoms with van der Waals surface area (Å²) in [6.07, 6.45) is 1.25. The number of benzene rings is 1. The minimum Gasteiger partial charge on any atom is -0.301 e. The predicted octanol–water partition coefficient (Wildman–Crippen LogP) is 2.21. The molecular weight excluding hydrogens is 196 g/mol. The van der Waals surface area contributed by atoms with Crippen LogP contribution in [0.5, 0.6) is 0 Å². The highest BCUT2D eigenvalue weighted by molar-refractivity contribution is 5.14. The number of rotatable bonds is 3. The molecule has 0 aromatic heterocycles. The van der Waals surface area contributed by atoms with E-state index in [4.69, 9.17) is 0 Å². The van der Waals surface area contributed by atoms with Crippen molar-refractivity contribution in [3.05, 3.63) is 35.9 Å². The van der Waals surface area contributed by atoms with Gasteiger partial charge in [0.1, 0.15) is 0 Å². The van der Waals surface area contributed by atoms with Gasteiger partial charge in [-0.05, 0) is 19.0 Å². The SMILES string of the molecule is CCC1CN(Cc2ccccc2)CCN1C. The molecule has 0 spiro atoms. The van der Waals surface area contributed by atoms with Crippen molar-refractivity contribution in [2.75, 3.05) is 26.7 Å². The summed E-state index contributed by atoms with van der Waals surface area (Å²) < 4.78 is 0. The standard InChI is InChI=1S/C14H22N2/c1-3-14-12-16(10-9-15(14)2)11-13-7-5-4-6-8-13/h4-8,14H,3,9-12H2,1-2H3. The maximum Gasteiger partial charge on any atom is 0.0234 e. The Bertz CT molecular complexity index is 310. The Morgan fingerprint density at radius 1 is 1.19 bits per heavy atom. The molecule has 0 N–H and O–H groups in total. The van der Waals surface area contributed by atoms with Crippen LogP contribution in [0, 0.1) is 0 Å². The summed E-state index contributed by atoms with van der Waals surface area (Å²) in [5.74, 6) is 0. The Morgan fingerprint density at radius 3 is 2.62 bits per heavy atom. The molecule has 0 saturated carbocycles. The molecule has 1 heterocycles. The molecule has 1 atom stereocenters. The van der Waals surface area contributed by atoms with E-state index in [-0.39, 0.29) is 0 Å². The molecule has 0 radical (unpaired) electrons. The third kappa shape index (κ3) is 2.83. The summed E-state index contributed by atoms with van der Waals surface area (Å²) in [6, 6.07) is 11.5. The average molecular weight is 218 g/mol. The molecule has 16 heavy (non-hydrogen) atoms. The third-order valence-corrected chi connectivity index (χ3v) is 3.58. The van der Waals surface area contributed by atoms with Crippen molar-refractivity contribution in [2.45, 2.75) is 25.9 Å². The molecule has 2 heteroatoms. The van der Waals surface area contributed by atoms with Gasteiger partial charge in [0.2, 0.25) is 0 Å². The van der Waals surface area contributed by atoms with Crippen molar-refractivity contribution in [2.24, 2.45) is 0 Å². The van der Waals surface area contributed by atoms with Crippen LogP contribution < -0.4 is 0 Å². The van der Waals surface area contributed by atoms with Crippen LogP contribution in [0.4, 0.5) is 0 Å². The molecule has 88 valence electrons. The van der Waals surface area contributed by atoms with Gasteiger partial charge in [-0.2, -0.15) is 0 Å². The summed E-state index contributed by atoms with van der Waals surface area (Å²) in [6.45, 7) is 6.99. The van der Waals surface area contributed by atoms with Crippen LogP contribution in [-0.2, 0) is 6.54 Å². The first-order chi connectivity index (χ1) is 7.79. The van der Waals surface area contributed by atoms with Gasteiger partial charge in [-0.3, -0.25) is 4.90 Å². The van der Waals surface area contributed by atoms with E-state index in [0.717, 1.165) is 12.6 Å². The average Bonchev–Trinajstić information content (AvgIpc) is 2.33. The fraction of sp³-hybridized carbons (Fsp3) is 0.571. The van der Waals surface area contributed by atoms with Crippen molar-refractivity contribution in [3.8, 4) is 0 Å². The molecule has 0 amide bonds. The zero-order valence-electron chi connectivity index (χ0n) is 10.4. The number of nitrogens with zero attached hydrogens (tertiary/aromatic N) is 2. The fourth-order valence-electron chi connectivity index (χ4n) is 2.44. The summed E-state index contributed by atoms with van der Waals surface area (Å²) in [5, 5.41) is 0. The van der Waals surface area contributed by atoms with Gasteiger partial charge >= 0.3 is 0 Å². The van der Waals surface area contributed by atoms with Gasteiger partial charge in [0, 0.05) is 32.2 Å². The first-order valence-electron chi connectivity index (χ1n) is 6.26. The zero-order chi connectivity index (χ0) is 11.4. The molecule has 1 aromatic rings. The van der Waals surface area contributed by atoms with Crippen LogP contribution in [0.3, 0.4) is 0 Å². The molecule has 1 saturated heterocycles. The Balaban J connectivity index is 1.92. The van der Waals surface area contributed by atoms with Crippen LogP contribution in [0.2, 0.25) is 0 Å². The maximum atomic E-state index is 2.57. The second-order valence-corrected chi connectivity index (χ2v) is 4.76. The number of likely N-dealkylation sites (N-methyl/N-ethyl adjacent to an activating group) is 1. The molecule has 0 bridgehead atoms. The lowest BCUT2D eigenvalue weighted by molar-refractivity contribution is 0.0884. The topological polar surface area (TPSA) is 6.48 Å². The van der Waals surface area contributed by atoms with Gasteiger partial charge < -0.3 is 4.90 Å². The van der Waals surface area contributed by atoms with Gasteiger partial charge in [-0.15, -0.1) is 0 Å². The number of hydrogen-bond acceptors (Lipinski definition) is 2. The van der Waals surface area contributed by atoms with E-state index < -0.39 is 0 Å². The molecule has 1 fully saturated rings. The Morgan fingerprint density at radius 2 is 1.94 bits per heavy atom. The summed E-state index contributed by atoms with van der Waals surface area (Å²) in [5.41, 5.74) is 1.43. The molecule has 1 aliphatic heterocycles. The van der Waals surface area contributed by atoms with Crippen molar-refractivity contribution >= 4 is 0 Å². The van der Waals surface area contributed by atoms with E-state index >= 15 is 0 Å². The number of hydrogen-bond donors (Lipinski definition) is 0. The van der Waals surface area contributed by atoms with Gasteiger partial charge in [0.25, 0.3) is 0 Å². The van der Waals surface area contributed by atoms with E-state index in [2.05, 4.69) is 54.1 Å². The third-order valence-electron chi connectivity index (χ3n) is 3.58. The molecule has 1 aromatic carbocycles. The largest absolute Gasteiger partial charge is 0.301 e. The van der Waals surface area contributed by atoms with E-state index in [1.807, 2.05) is 0 Å². The minimum absolute atomic E-state index is 0.734. The van der Waals surface area contributed by atoms with E-state index in [0.29, 0.717) is 0 Å². The molecule has 1 aliphatic rings. The van der Waals surface area contributed by atoms with E-state index in [1.54, 1.807) is 0 Å². The van der Waals surface area contributed by atoms with Gasteiger partial charge in [-0.25, -0.2) is 0 Å². The van der Waals surface area contributed by atoms with Crippen LogP contribution in [0.25, 0.3) is 0 Å². The highest BCUT2D eigenvalue weighted by Crippen LogP contribution is 2.13. The van der Waals surface area contributed by atoms with Gasteiger partial charge in [-0.1, -0.05) is 37.3 Å². The predicted molar refractivity (Wildman–Crippen MR) is 68.4 cm³/mol. The quantitative estimate of drug-likeness (QED) is 0.767. The van der Waals surface area contributed by atoms with Crippen molar-refractivity contribution in [1.29, 1.82) is 0 Å².